The predicted molar refractivity (Wildman–Crippen MR) is 157 cm³/mol. The zero-order chi connectivity index (χ0) is 26.7. The lowest BCUT2D eigenvalue weighted by Gasteiger charge is -2.27. The summed E-state index contributed by atoms with van der Waals surface area (Å²) in [7, 11) is -4.49. The van der Waals surface area contributed by atoms with Gasteiger partial charge in [-0.15, -0.1) is 0 Å². The van der Waals surface area contributed by atoms with Gasteiger partial charge in [0.05, 0.1) is 4.90 Å². The number of nitrogens with zero attached hydrogens (tertiary/aromatic N) is 2. The SMILES string of the molecule is CC[n+]1c(/C=C/c2ccc3c(c2)C2CCCC2N3c2ccccc2)sc2c3ccc(S(=O)(=O)[O-])cc3ccc21. The predicted octanol–water partition coefficient (Wildman–Crippen LogP) is 7.22. The van der Waals surface area contributed by atoms with Crippen LogP contribution in [0.25, 0.3) is 33.1 Å². The second-order valence-electron chi connectivity index (χ2n) is 10.4. The van der Waals surface area contributed by atoms with Crippen molar-refractivity contribution < 1.29 is 17.5 Å². The van der Waals surface area contributed by atoms with E-state index in [2.05, 4.69) is 77.1 Å². The van der Waals surface area contributed by atoms with Gasteiger partial charge in [-0.3, -0.25) is 0 Å². The molecule has 39 heavy (non-hydrogen) atoms. The Labute approximate surface area is 232 Å². The molecule has 0 N–H and O–H groups in total. The summed E-state index contributed by atoms with van der Waals surface area (Å²) in [6, 6.07) is 26.7. The smallest absolute Gasteiger partial charge is 0.262 e. The molecular weight excluding hydrogens is 524 g/mol. The van der Waals surface area contributed by atoms with Crippen LogP contribution in [0.2, 0.25) is 0 Å². The van der Waals surface area contributed by atoms with E-state index in [1.54, 1.807) is 17.4 Å². The van der Waals surface area contributed by atoms with Gasteiger partial charge in [0.15, 0.2) is 0 Å². The molecule has 0 spiro atoms. The van der Waals surface area contributed by atoms with Crippen molar-refractivity contribution in [3.8, 4) is 0 Å². The lowest BCUT2D eigenvalue weighted by molar-refractivity contribution is -0.665. The summed E-state index contributed by atoms with van der Waals surface area (Å²) < 4.78 is 37.9. The molecule has 0 bridgehead atoms. The number of rotatable bonds is 5. The minimum atomic E-state index is -4.49. The number of thiazole rings is 1. The maximum absolute atomic E-state index is 11.5. The molecule has 2 atom stereocenters. The van der Waals surface area contributed by atoms with Gasteiger partial charge in [0.2, 0.25) is 5.52 Å². The van der Waals surface area contributed by atoms with Gasteiger partial charge in [-0.25, -0.2) is 8.42 Å². The Morgan fingerprint density at radius 2 is 1.85 bits per heavy atom. The van der Waals surface area contributed by atoms with Crippen molar-refractivity contribution in [2.24, 2.45) is 0 Å². The van der Waals surface area contributed by atoms with Crippen LogP contribution >= 0.6 is 11.3 Å². The number of aryl methyl sites for hydroxylation is 1. The molecule has 196 valence electrons. The van der Waals surface area contributed by atoms with E-state index in [1.807, 2.05) is 12.1 Å². The molecule has 0 saturated heterocycles. The Morgan fingerprint density at radius 3 is 2.64 bits per heavy atom. The third kappa shape index (κ3) is 4.07. The first-order valence-electron chi connectivity index (χ1n) is 13.4. The molecule has 1 fully saturated rings. The second-order valence-corrected chi connectivity index (χ2v) is 12.8. The fraction of sp³-hybridized carbons (Fsp3) is 0.219. The average molecular weight is 553 g/mol. The monoisotopic (exact) mass is 552 g/mol. The van der Waals surface area contributed by atoms with Crippen LogP contribution in [-0.2, 0) is 16.7 Å². The normalized spacial score (nSPS) is 18.9. The standard InChI is InChI=1S/C32H28N2O3S2/c1-2-33-30-17-13-22-20-24(39(35,36)37)14-15-25(22)32(30)38-31(33)18-12-21-11-16-29-27(19-21)26-9-6-10-28(26)34(29)23-7-4-3-5-8-23/h3-5,7-8,11-20,26,28H,2,6,9-10H2,1H3. The van der Waals surface area contributed by atoms with Crippen molar-refractivity contribution in [1.82, 2.24) is 0 Å². The first-order valence-corrected chi connectivity index (χ1v) is 15.7. The third-order valence-corrected chi connectivity index (χ3v) is 10.3. The summed E-state index contributed by atoms with van der Waals surface area (Å²) in [6.07, 6.45) is 8.13. The summed E-state index contributed by atoms with van der Waals surface area (Å²) >= 11 is 1.69. The van der Waals surface area contributed by atoms with Gasteiger partial charge in [0.25, 0.3) is 5.01 Å². The Morgan fingerprint density at radius 1 is 1.00 bits per heavy atom. The zero-order valence-electron chi connectivity index (χ0n) is 21.6. The van der Waals surface area contributed by atoms with Gasteiger partial charge in [-0.2, -0.15) is 4.57 Å². The number of benzene rings is 4. The molecule has 1 aliphatic carbocycles. The molecule has 5 aromatic rings. The largest absolute Gasteiger partial charge is 0.744 e. The number of fused-ring (bicyclic) bond motifs is 6. The topological polar surface area (TPSA) is 64.3 Å². The lowest BCUT2D eigenvalue weighted by Crippen LogP contribution is -2.33. The summed E-state index contributed by atoms with van der Waals surface area (Å²) in [5.41, 5.74) is 6.37. The summed E-state index contributed by atoms with van der Waals surface area (Å²) in [5.74, 6) is 0.577. The zero-order valence-corrected chi connectivity index (χ0v) is 23.2. The van der Waals surface area contributed by atoms with Crippen LogP contribution in [0.3, 0.4) is 0 Å². The maximum Gasteiger partial charge on any atom is 0.262 e. The Balaban J connectivity index is 1.27. The second kappa shape index (κ2) is 9.30. The van der Waals surface area contributed by atoms with E-state index in [0.717, 1.165) is 32.5 Å². The van der Waals surface area contributed by atoms with Gasteiger partial charge in [-0.1, -0.05) is 48.1 Å². The molecule has 1 aromatic heterocycles. The van der Waals surface area contributed by atoms with Crippen molar-refractivity contribution in [3.63, 3.8) is 0 Å². The fourth-order valence-corrected chi connectivity index (χ4v) is 8.31. The lowest BCUT2D eigenvalue weighted by atomic mass is 9.96. The van der Waals surface area contributed by atoms with Gasteiger partial charge in [-0.05, 0) is 84.8 Å². The van der Waals surface area contributed by atoms with Gasteiger partial charge in [0, 0.05) is 40.9 Å². The molecule has 2 unspecified atom stereocenters. The van der Waals surface area contributed by atoms with E-state index < -0.39 is 10.1 Å². The number of hydrogen-bond donors (Lipinski definition) is 0. The molecule has 0 radical (unpaired) electrons. The van der Waals surface area contributed by atoms with Crippen molar-refractivity contribution >= 4 is 66.0 Å². The first-order chi connectivity index (χ1) is 18.9. The van der Waals surface area contributed by atoms with E-state index in [4.69, 9.17) is 0 Å². The van der Waals surface area contributed by atoms with Crippen LogP contribution in [0.1, 0.15) is 48.2 Å². The van der Waals surface area contributed by atoms with E-state index in [1.165, 1.54) is 53.9 Å². The molecule has 5 nitrogen and oxygen atoms in total. The van der Waals surface area contributed by atoms with E-state index in [0.29, 0.717) is 12.0 Å². The highest BCUT2D eigenvalue weighted by Gasteiger charge is 2.42. The van der Waals surface area contributed by atoms with Crippen molar-refractivity contribution in [2.75, 3.05) is 4.90 Å². The summed E-state index contributed by atoms with van der Waals surface area (Å²) in [4.78, 5) is 2.35. The van der Waals surface area contributed by atoms with Crippen molar-refractivity contribution in [2.45, 2.75) is 49.6 Å². The Kier molecular flexibility index (Phi) is 5.84. The highest BCUT2D eigenvalue weighted by molar-refractivity contribution is 7.85. The number of anilines is 2. The molecule has 4 aromatic carbocycles. The third-order valence-electron chi connectivity index (χ3n) is 8.26. The van der Waals surface area contributed by atoms with Gasteiger partial charge in [0.1, 0.15) is 21.4 Å². The number of hydrogen-bond acceptors (Lipinski definition) is 5. The van der Waals surface area contributed by atoms with Crippen LogP contribution < -0.4 is 9.47 Å². The van der Waals surface area contributed by atoms with Crippen LogP contribution in [0, 0.1) is 0 Å². The van der Waals surface area contributed by atoms with Gasteiger partial charge < -0.3 is 9.45 Å². The van der Waals surface area contributed by atoms with Crippen LogP contribution in [-0.4, -0.2) is 19.0 Å². The molecule has 1 aliphatic heterocycles. The number of para-hydroxylation sites is 1. The minimum absolute atomic E-state index is 0.193. The van der Waals surface area contributed by atoms with E-state index in [9.17, 15) is 13.0 Å². The fourth-order valence-electron chi connectivity index (χ4n) is 6.54. The molecule has 7 heteroatoms. The molecular formula is C32H28N2O3S2. The number of aromatic nitrogens is 1. The van der Waals surface area contributed by atoms with Crippen LogP contribution in [0.15, 0.2) is 83.8 Å². The molecule has 2 heterocycles. The van der Waals surface area contributed by atoms with E-state index >= 15 is 0 Å². The first kappa shape index (κ1) is 24.5. The maximum atomic E-state index is 11.5. The van der Waals surface area contributed by atoms with Crippen molar-refractivity contribution in [3.05, 3.63) is 95.0 Å². The molecule has 7 rings (SSSR count). The van der Waals surface area contributed by atoms with Gasteiger partial charge >= 0.3 is 0 Å². The molecule has 1 saturated carbocycles. The average Bonchev–Trinajstić information content (AvgIpc) is 3.64. The summed E-state index contributed by atoms with van der Waals surface area (Å²) in [5, 5.41) is 2.84. The highest BCUT2D eigenvalue weighted by Crippen LogP contribution is 2.52. The minimum Gasteiger partial charge on any atom is -0.744 e. The van der Waals surface area contributed by atoms with E-state index in [-0.39, 0.29) is 4.90 Å². The molecule has 0 amide bonds. The Hall–Kier alpha value is -3.52. The molecule has 2 aliphatic rings. The van der Waals surface area contributed by atoms with Crippen molar-refractivity contribution in [1.29, 1.82) is 0 Å². The quantitative estimate of drug-likeness (QED) is 0.171. The van der Waals surface area contributed by atoms with Crippen LogP contribution in [0.5, 0.6) is 0 Å². The Bertz CT molecular complexity index is 1880. The highest BCUT2D eigenvalue weighted by atomic mass is 32.2. The summed E-state index contributed by atoms with van der Waals surface area (Å²) in [6.45, 7) is 2.95. The van der Waals surface area contributed by atoms with Crippen LogP contribution in [0.4, 0.5) is 11.4 Å².